The average molecular weight is 413 g/mol. The standard InChI is InChI=1S/C21H24FN5O3/c1-20(2,3)30-19(29)26-11-21(4,5)17-15(26)8-13(18-23-12-24-27(17)18)10-25-7-6-14(22)9-16(25)28/h6-9,12H,10-11H2,1-5H3. The number of amides is 1. The van der Waals surface area contributed by atoms with Gasteiger partial charge in [-0.1, -0.05) is 13.8 Å². The van der Waals surface area contributed by atoms with Crippen LogP contribution < -0.4 is 10.5 Å². The van der Waals surface area contributed by atoms with Crippen LogP contribution in [0.15, 0.2) is 35.5 Å². The van der Waals surface area contributed by atoms with Crippen molar-refractivity contribution in [2.24, 2.45) is 0 Å². The fourth-order valence-corrected chi connectivity index (χ4v) is 3.82. The maximum absolute atomic E-state index is 13.3. The number of anilines is 1. The number of hydrogen-bond acceptors (Lipinski definition) is 5. The molecule has 0 fully saturated rings. The lowest BCUT2D eigenvalue weighted by molar-refractivity contribution is 0.0579. The van der Waals surface area contributed by atoms with Crippen molar-refractivity contribution >= 4 is 17.4 Å². The molecule has 3 aromatic rings. The van der Waals surface area contributed by atoms with Crippen molar-refractivity contribution in [1.29, 1.82) is 0 Å². The van der Waals surface area contributed by atoms with Gasteiger partial charge in [0.05, 0.1) is 17.9 Å². The number of nitrogens with zero attached hydrogens (tertiary/aromatic N) is 5. The number of rotatable bonds is 2. The Hall–Kier alpha value is -3.23. The highest BCUT2D eigenvalue weighted by molar-refractivity contribution is 5.92. The number of hydrogen-bond donors (Lipinski definition) is 0. The lowest BCUT2D eigenvalue weighted by Crippen LogP contribution is -2.38. The van der Waals surface area contributed by atoms with Gasteiger partial charge in [-0.2, -0.15) is 5.10 Å². The molecule has 1 amide bonds. The van der Waals surface area contributed by atoms with Gasteiger partial charge in [0.25, 0.3) is 5.56 Å². The van der Waals surface area contributed by atoms with Crippen molar-refractivity contribution < 1.29 is 13.9 Å². The van der Waals surface area contributed by atoms with E-state index in [4.69, 9.17) is 4.74 Å². The molecule has 0 aromatic carbocycles. The second-order valence-corrected chi connectivity index (χ2v) is 9.16. The van der Waals surface area contributed by atoms with Crippen LogP contribution in [0.1, 0.15) is 45.9 Å². The van der Waals surface area contributed by atoms with E-state index in [1.807, 2.05) is 40.7 Å². The summed E-state index contributed by atoms with van der Waals surface area (Å²) in [5.74, 6) is -0.587. The Bertz CT molecular complexity index is 1210. The van der Waals surface area contributed by atoms with E-state index in [0.717, 1.165) is 11.8 Å². The van der Waals surface area contributed by atoms with Crippen LogP contribution in [-0.4, -0.2) is 37.4 Å². The molecule has 1 aliphatic heterocycles. The largest absolute Gasteiger partial charge is 0.443 e. The molecule has 0 saturated carbocycles. The Morgan fingerprint density at radius 1 is 1.30 bits per heavy atom. The summed E-state index contributed by atoms with van der Waals surface area (Å²) in [5.41, 5.74) is 1.30. The average Bonchev–Trinajstić information content (AvgIpc) is 3.18. The second kappa shape index (κ2) is 6.65. The fourth-order valence-electron chi connectivity index (χ4n) is 3.82. The Kier molecular flexibility index (Phi) is 4.44. The maximum Gasteiger partial charge on any atom is 0.414 e. The van der Waals surface area contributed by atoms with Crippen LogP contribution in [0.25, 0.3) is 5.65 Å². The van der Waals surface area contributed by atoms with Crippen molar-refractivity contribution in [3.8, 4) is 0 Å². The molecule has 0 aliphatic carbocycles. The quantitative estimate of drug-likeness (QED) is 0.645. The predicted molar refractivity (Wildman–Crippen MR) is 109 cm³/mol. The third-order valence-corrected chi connectivity index (χ3v) is 5.00. The van der Waals surface area contributed by atoms with Crippen molar-refractivity contribution in [3.05, 3.63) is 58.2 Å². The van der Waals surface area contributed by atoms with Crippen molar-refractivity contribution in [1.82, 2.24) is 19.2 Å². The van der Waals surface area contributed by atoms with Gasteiger partial charge in [-0.15, -0.1) is 0 Å². The third kappa shape index (κ3) is 3.44. The summed E-state index contributed by atoms with van der Waals surface area (Å²) in [6, 6.07) is 4.00. The van der Waals surface area contributed by atoms with Gasteiger partial charge in [-0.25, -0.2) is 18.7 Å². The molecule has 0 radical (unpaired) electrons. The fraction of sp³-hybridized carbons (Fsp3) is 0.429. The highest BCUT2D eigenvalue weighted by atomic mass is 19.1. The van der Waals surface area contributed by atoms with Crippen LogP contribution in [0.3, 0.4) is 0 Å². The first-order valence-electron chi connectivity index (χ1n) is 9.69. The van der Waals surface area contributed by atoms with Crippen LogP contribution in [0, 0.1) is 5.82 Å². The van der Waals surface area contributed by atoms with E-state index >= 15 is 0 Å². The zero-order valence-electron chi connectivity index (χ0n) is 17.6. The molecular formula is C21H24FN5O3. The van der Waals surface area contributed by atoms with E-state index in [1.165, 1.54) is 23.2 Å². The number of carbonyl (C=O) groups excluding carboxylic acids is 1. The molecule has 0 unspecified atom stereocenters. The Labute approximate surface area is 172 Å². The molecule has 4 heterocycles. The zero-order valence-corrected chi connectivity index (χ0v) is 17.6. The minimum atomic E-state index is -0.633. The number of pyridine rings is 2. The van der Waals surface area contributed by atoms with E-state index < -0.39 is 23.1 Å². The topological polar surface area (TPSA) is 81.7 Å². The van der Waals surface area contributed by atoms with Gasteiger partial charge in [-0.05, 0) is 32.9 Å². The monoisotopic (exact) mass is 413 g/mol. The lowest BCUT2D eigenvalue weighted by atomic mass is 9.91. The van der Waals surface area contributed by atoms with Gasteiger partial charge in [0.15, 0.2) is 5.65 Å². The first-order valence-corrected chi connectivity index (χ1v) is 9.69. The number of aromatic nitrogens is 4. The minimum absolute atomic E-state index is 0.164. The van der Waals surface area contributed by atoms with Gasteiger partial charge in [0.2, 0.25) is 0 Å². The Morgan fingerprint density at radius 3 is 2.70 bits per heavy atom. The summed E-state index contributed by atoms with van der Waals surface area (Å²) >= 11 is 0. The molecule has 30 heavy (non-hydrogen) atoms. The van der Waals surface area contributed by atoms with Gasteiger partial charge in [0, 0.05) is 29.8 Å². The summed E-state index contributed by atoms with van der Waals surface area (Å²) in [7, 11) is 0. The van der Waals surface area contributed by atoms with Crippen molar-refractivity contribution in [2.45, 2.75) is 52.2 Å². The molecule has 0 saturated heterocycles. The van der Waals surface area contributed by atoms with E-state index in [2.05, 4.69) is 10.1 Å². The van der Waals surface area contributed by atoms with Gasteiger partial charge in [-0.3, -0.25) is 9.69 Å². The van der Waals surface area contributed by atoms with E-state index in [9.17, 15) is 14.0 Å². The number of carbonyl (C=O) groups is 1. The summed E-state index contributed by atoms with van der Waals surface area (Å²) in [6.07, 6.45) is 2.39. The van der Waals surface area contributed by atoms with E-state index in [0.29, 0.717) is 23.4 Å². The smallest absolute Gasteiger partial charge is 0.414 e. The van der Waals surface area contributed by atoms with Crippen LogP contribution in [0.2, 0.25) is 0 Å². The molecule has 9 heteroatoms. The molecular weight excluding hydrogens is 389 g/mol. The summed E-state index contributed by atoms with van der Waals surface area (Å²) < 4.78 is 22.0. The van der Waals surface area contributed by atoms with Gasteiger partial charge < -0.3 is 9.30 Å². The molecule has 0 spiro atoms. The molecule has 3 aromatic heterocycles. The molecule has 0 atom stereocenters. The Balaban J connectivity index is 1.85. The van der Waals surface area contributed by atoms with Gasteiger partial charge in [0.1, 0.15) is 17.7 Å². The molecule has 4 rings (SSSR count). The number of fused-ring (bicyclic) bond motifs is 3. The third-order valence-electron chi connectivity index (χ3n) is 5.00. The van der Waals surface area contributed by atoms with Crippen molar-refractivity contribution in [3.63, 3.8) is 0 Å². The molecule has 1 aliphatic rings. The second-order valence-electron chi connectivity index (χ2n) is 9.16. The highest BCUT2D eigenvalue weighted by Crippen LogP contribution is 2.42. The lowest BCUT2D eigenvalue weighted by Gasteiger charge is -2.25. The van der Waals surface area contributed by atoms with Crippen molar-refractivity contribution in [2.75, 3.05) is 11.4 Å². The maximum atomic E-state index is 13.3. The Morgan fingerprint density at radius 2 is 2.03 bits per heavy atom. The number of ether oxygens (including phenoxy) is 1. The molecule has 8 nitrogen and oxygen atoms in total. The molecule has 158 valence electrons. The summed E-state index contributed by atoms with van der Waals surface area (Å²) in [5, 5.41) is 4.37. The van der Waals surface area contributed by atoms with Crippen LogP contribution in [0.5, 0.6) is 0 Å². The van der Waals surface area contributed by atoms with Gasteiger partial charge >= 0.3 is 6.09 Å². The van der Waals surface area contributed by atoms with Crippen LogP contribution in [0.4, 0.5) is 14.9 Å². The summed E-state index contributed by atoms with van der Waals surface area (Å²) in [6.45, 7) is 10.1. The minimum Gasteiger partial charge on any atom is -0.443 e. The summed E-state index contributed by atoms with van der Waals surface area (Å²) in [4.78, 5) is 31.0. The van der Waals surface area contributed by atoms with Crippen LogP contribution in [-0.2, 0) is 16.7 Å². The predicted octanol–water partition coefficient (Wildman–Crippen LogP) is 3.11. The molecule has 0 N–H and O–H groups in total. The first kappa shape index (κ1) is 20.1. The molecule has 0 bridgehead atoms. The zero-order chi connectivity index (χ0) is 21.8. The number of halogens is 1. The van der Waals surface area contributed by atoms with Crippen LogP contribution >= 0.6 is 0 Å². The highest BCUT2D eigenvalue weighted by Gasteiger charge is 2.42. The van der Waals surface area contributed by atoms with E-state index in [1.54, 1.807) is 9.42 Å². The normalized spacial score (nSPS) is 15.5. The first-order chi connectivity index (χ1) is 14.0. The van der Waals surface area contributed by atoms with E-state index in [-0.39, 0.29) is 12.0 Å². The SMILES string of the molecule is CC(C)(C)OC(=O)N1CC(C)(C)c2c1cc(Cn1ccc(F)cc1=O)c1ncnn21.